The van der Waals surface area contributed by atoms with Crippen LogP contribution in [-0.2, 0) is 6.18 Å². The van der Waals surface area contributed by atoms with Crippen LogP contribution < -0.4 is 0 Å². The number of carbonyl (C=O) groups is 1. The first-order valence-corrected chi connectivity index (χ1v) is 7.47. The molecule has 0 atom stereocenters. The predicted molar refractivity (Wildman–Crippen MR) is 87.9 cm³/mol. The SMILES string of the molecule is Cc1c(C(=O)O)cc(-c2ccccc2)n1-c1cccc(C(F)(F)F)c1. The van der Waals surface area contributed by atoms with Crippen molar-refractivity contribution in [3.05, 3.63) is 77.5 Å². The Hall–Kier alpha value is -3.02. The van der Waals surface area contributed by atoms with E-state index in [4.69, 9.17) is 0 Å². The predicted octanol–water partition coefficient (Wildman–Crippen LogP) is 5.17. The zero-order chi connectivity index (χ0) is 18.2. The van der Waals surface area contributed by atoms with E-state index in [1.54, 1.807) is 31.2 Å². The molecule has 1 N–H and O–H groups in total. The van der Waals surface area contributed by atoms with Crippen molar-refractivity contribution in [2.45, 2.75) is 13.1 Å². The lowest BCUT2D eigenvalue weighted by Crippen LogP contribution is -2.07. The maximum Gasteiger partial charge on any atom is 0.416 e. The number of benzene rings is 2. The second-order valence-corrected chi connectivity index (χ2v) is 5.58. The minimum atomic E-state index is -4.47. The normalized spacial score (nSPS) is 11.5. The van der Waals surface area contributed by atoms with Gasteiger partial charge in [-0.2, -0.15) is 13.2 Å². The number of aromatic carboxylic acids is 1. The van der Waals surface area contributed by atoms with Crippen LogP contribution in [0.25, 0.3) is 16.9 Å². The highest BCUT2D eigenvalue weighted by atomic mass is 19.4. The van der Waals surface area contributed by atoms with Gasteiger partial charge in [-0.3, -0.25) is 0 Å². The fourth-order valence-electron chi connectivity index (χ4n) is 2.80. The van der Waals surface area contributed by atoms with Gasteiger partial charge >= 0.3 is 12.1 Å². The molecular weight excluding hydrogens is 331 g/mol. The third-order valence-electron chi connectivity index (χ3n) is 3.98. The fourth-order valence-corrected chi connectivity index (χ4v) is 2.80. The summed E-state index contributed by atoms with van der Waals surface area (Å²) in [6, 6.07) is 15.3. The fraction of sp³-hybridized carbons (Fsp3) is 0.105. The van der Waals surface area contributed by atoms with Crippen molar-refractivity contribution in [2.75, 3.05) is 0 Å². The molecule has 0 aliphatic rings. The second-order valence-electron chi connectivity index (χ2n) is 5.58. The number of hydrogen-bond donors (Lipinski definition) is 1. The monoisotopic (exact) mass is 345 g/mol. The zero-order valence-corrected chi connectivity index (χ0v) is 13.2. The number of carboxylic acid groups (broad SMARTS) is 1. The molecule has 128 valence electrons. The van der Waals surface area contributed by atoms with Gasteiger partial charge in [0.2, 0.25) is 0 Å². The van der Waals surface area contributed by atoms with E-state index in [-0.39, 0.29) is 11.3 Å². The van der Waals surface area contributed by atoms with Crippen molar-refractivity contribution in [3.8, 4) is 16.9 Å². The number of hydrogen-bond acceptors (Lipinski definition) is 1. The summed E-state index contributed by atoms with van der Waals surface area (Å²) in [7, 11) is 0. The summed E-state index contributed by atoms with van der Waals surface area (Å²) in [6.45, 7) is 1.58. The van der Waals surface area contributed by atoms with E-state index < -0.39 is 17.7 Å². The molecule has 0 saturated heterocycles. The number of rotatable bonds is 3. The highest BCUT2D eigenvalue weighted by Gasteiger charge is 2.31. The molecule has 3 nitrogen and oxygen atoms in total. The minimum Gasteiger partial charge on any atom is -0.478 e. The molecule has 0 spiro atoms. The van der Waals surface area contributed by atoms with E-state index in [0.29, 0.717) is 11.4 Å². The van der Waals surface area contributed by atoms with Crippen LogP contribution in [0.4, 0.5) is 13.2 Å². The summed E-state index contributed by atoms with van der Waals surface area (Å²) in [5, 5.41) is 9.39. The molecule has 0 bridgehead atoms. The lowest BCUT2D eigenvalue weighted by molar-refractivity contribution is -0.137. The number of halogens is 3. The minimum absolute atomic E-state index is 0.0521. The van der Waals surface area contributed by atoms with Crippen LogP contribution in [0.2, 0.25) is 0 Å². The van der Waals surface area contributed by atoms with Crippen molar-refractivity contribution < 1.29 is 23.1 Å². The maximum absolute atomic E-state index is 13.0. The van der Waals surface area contributed by atoms with Gasteiger partial charge in [0.05, 0.1) is 16.8 Å². The molecule has 0 aliphatic carbocycles. The molecule has 25 heavy (non-hydrogen) atoms. The summed E-state index contributed by atoms with van der Waals surface area (Å²) in [5.41, 5.74) is 1.14. The summed E-state index contributed by atoms with van der Waals surface area (Å²) in [6.07, 6.45) is -4.47. The van der Waals surface area contributed by atoms with Crippen molar-refractivity contribution in [1.29, 1.82) is 0 Å². The van der Waals surface area contributed by atoms with Crippen LogP contribution in [0.5, 0.6) is 0 Å². The molecule has 0 aliphatic heterocycles. The summed E-state index contributed by atoms with van der Waals surface area (Å²) in [5.74, 6) is -1.12. The highest BCUT2D eigenvalue weighted by Crippen LogP contribution is 2.33. The lowest BCUT2D eigenvalue weighted by atomic mass is 10.1. The zero-order valence-electron chi connectivity index (χ0n) is 13.2. The van der Waals surface area contributed by atoms with E-state index in [1.807, 2.05) is 6.07 Å². The van der Waals surface area contributed by atoms with E-state index in [2.05, 4.69) is 0 Å². The maximum atomic E-state index is 13.0. The average molecular weight is 345 g/mol. The molecule has 0 amide bonds. The second kappa shape index (κ2) is 6.12. The van der Waals surface area contributed by atoms with Gasteiger partial charge in [0, 0.05) is 11.4 Å². The van der Waals surface area contributed by atoms with Gasteiger partial charge in [0.15, 0.2) is 0 Å². The molecule has 6 heteroatoms. The molecule has 0 saturated carbocycles. The summed E-state index contributed by atoms with van der Waals surface area (Å²) < 4.78 is 40.6. The van der Waals surface area contributed by atoms with Gasteiger partial charge in [-0.25, -0.2) is 4.79 Å². The molecule has 3 aromatic rings. The quantitative estimate of drug-likeness (QED) is 0.711. The van der Waals surface area contributed by atoms with E-state index in [1.165, 1.54) is 22.8 Å². The van der Waals surface area contributed by atoms with Gasteiger partial charge in [0.25, 0.3) is 0 Å². The first-order valence-electron chi connectivity index (χ1n) is 7.47. The van der Waals surface area contributed by atoms with E-state index in [9.17, 15) is 23.1 Å². The van der Waals surface area contributed by atoms with E-state index >= 15 is 0 Å². The Kier molecular flexibility index (Phi) is 4.12. The van der Waals surface area contributed by atoms with Gasteiger partial charge in [-0.1, -0.05) is 36.4 Å². The standard InChI is InChI=1S/C19H14F3NO2/c1-12-16(18(24)25)11-17(13-6-3-2-4-7-13)23(12)15-9-5-8-14(10-15)19(20,21)22/h2-11H,1H3,(H,24,25). The third kappa shape index (κ3) is 3.15. The van der Waals surface area contributed by atoms with Crippen LogP contribution in [0.1, 0.15) is 21.6 Å². The number of aromatic nitrogens is 1. The number of nitrogens with zero attached hydrogens (tertiary/aromatic N) is 1. The Balaban J connectivity index is 2.27. The molecule has 0 fully saturated rings. The van der Waals surface area contributed by atoms with Crippen molar-refractivity contribution in [1.82, 2.24) is 4.57 Å². The first kappa shape index (κ1) is 16.8. The molecule has 0 radical (unpaired) electrons. The van der Waals surface area contributed by atoms with Crippen LogP contribution in [-0.4, -0.2) is 15.6 Å². The van der Waals surface area contributed by atoms with E-state index in [0.717, 1.165) is 17.7 Å². The van der Waals surface area contributed by atoms with Gasteiger partial charge in [0.1, 0.15) is 0 Å². The molecule has 0 unspecified atom stereocenters. The summed E-state index contributed by atoms with van der Waals surface area (Å²) in [4.78, 5) is 11.5. The van der Waals surface area contributed by atoms with Gasteiger partial charge in [-0.15, -0.1) is 0 Å². The first-order chi connectivity index (χ1) is 11.8. The molecule has 3 rings (SSSR count). The van der Waals surface area contributed by atoms with Crippen LogP contribution in [0.15, 0.2) is 60.7 Å². The molecule has 2 aromatic carbocycles. The average Bonchev–Trinajstić information content (AvgIpc) is 2.92. The number of carboxylic acids is 1. The smallest absolute Gasteiger partial charge is 0.416 e. The summed E-state index contributed by atoms with van der Waals surface area (Å²) >= 11 is 0. The van der Waals surface area contributed by atoms with Gasteiger partial charge in [-0.05, 0) is 36.8 Å². The topological polar surface area (TPSA) is 42.2 Å². The molecule has 1 heterocycles. The number of alkyl halides is 3. The van der Waals surface area contributed by atoms with Crippen molar-refractivity contribution >= 4 is 5.97 Å². The Morgan fingerprint density at radius 3 is 2.28 bits per heavy atom. The van der Waals surface area contributed by atoms with Crippen molar-refractivity contribution in [3.63, 3.8) is 0 Å². The largest absolute Gasteiger partial charge is 0.478 e. The van der Waals surface area contributed by atoms with Crippen molar-refractivity contribution in [2.24, 2.45) is 0 Å². The van der Waals surface area contributed by atoms with Crippen LogP contribution in [0.3, 0.4) is 0 Å². The third-order valence-corrected chi connectivity index (χ3v) is 3.98. The lowest BCUT2D eigenvalue weighted by Gasteiger charge is -2.14. The molecule has 1 aromatic heterocycles. The Labute approximate surface area is 142 Å². The van der Waals surface area contributed by atoms with Gasteiger partial charge < -0.3 is 9.67 Å². The highest BCUT2D eigenvalue weighted by molar-refractivity contribution is 5.91. The Bertz CT molecular complexity index is 928. The van der Waals surface area contributed by atoms with Crippen LogP contribution in [0, 0.1) is 6.92 Å². The Morgan fingerprint density at radius 1 is 1.00 bits per heavy atom. The Morgan fingerprint density at radius 2 is 1.68 bits per heavy atom. The van der Waals surface area contributed by atoms with Crippen LogP contribution >= 0.6 is 0 Å². The molecular formula is C19H14F3NO2.